The van der Waals surface area contributed by atoms with Gasteiger partial charge in [-0.3, -0.25) is 15.0 Å². The van der Waals surface area contributed by atoms with Gasteiger partial charge in [-0.15, -0.1) is 11.3 Å². The molecule has 0 unspecified atom stereocenters. The van der Waals surface area contributed by atoms with E-state index < -0.39 is 4.92 Å². The molecule has 0 fully saturated rings. The molecule has 0 radical (unpaired) electrons. The van der Waals surface area contributed by atoms with Crippen LogP contribution in [0.15, 0.2) is 18.6 Å². The first kappa shape index (κ1) is 13.9. The molecule has 0 saturated carbocycles. The van der Waals surface area contributed by atoms with Gasteiger partial charge in [-0.25, -0.2) is 4.98 Å². The van der Waals surface area contributed by atoms with Gasteiger partial charge in [0.15, 0.2) is 4.47 Å². The predicted molar refractivity (Wildman–Crippen MR) is 67.3 cm³/mol. The third kappa shape index (κ3) is 5.62. The quantitative estimate of drug-likeness (QED) is 0.468. The monoisotopic (exact) mass is 276 g/mol. The first-order valence-electron chi connectivity index (χ1n) is 4.98. The summed E-state index contributed by atoms with van der Waals surface area (Å²) in [5, 5.41) is 12.9. The maximum absolute atomic E-state index is 10.1. The van der Waals surface area contributed by atoms with Crippen molar-refractivity contribution in [3.05, 3.63) is 38.1 Å². The van der Waals surface area contributed by atoms with Crippen molar-refractivity contribution in [2.24, 2.45) is 0 Å². The zero-order valence-electron chi connectivity index (χ0n) is 9.30. The fourth-order valence-electron chi connectivity index (χ4n) is 1.15. The van der Waals surface area contributed by atoms with Crippen molar-refractivity contribution in [3.8, 4) is 0 Å². The Balaban J connectivity index is 2.36. The second-order valence-electron chi connectivity index (χ2n) is 3.19. The molecule has 0 atom stereocenters. The van der Waals surface area contributed by atoms with Crippen molar-refractivity contribution in [2.45, 2.75) is 13.5 Å². The highest BCUT2D eigenvalue weighted by molar-refractivity contribution is 7.15. The van der Waals surface area contributed by atoms with Crippen LogP contribution >= 0.6 is 22.9 Å². The van der Waals surface area contributed by atoms with Crippen LogP contribution in [-0.4, -0.2) is 28.0 Å². The summed E-state index contributed by atoms with van der Waals surface area (Å²) < 4.78 is 0.525. The maximum atomic E-state index is 10.1. The molecule has 0 bridgehead atoms. The second kappa shape index (κ2) is 7.21. The third-order valence-corrected chi connectivity index (χ3v) is 3.08. The highest BCUT2D eigenvalue weighted by Crippen LogP contribution is 2.18. The summed E-state index contributed by atoms with van der Waals surface area (Å²) in [6.07, 6.45) is 3.93. The molecule has 1 aromatic rings. The highest BCUT2D eigenvalue weighted by atomic mass is 35.5. The van der Waals surface area contributed by atoms with Gasteiger partial charge >= 0.3 is 0 Å². The largest absolute Gasteiger partial charge is 0.373 e. The number of nitrogens with zero attached hydrogens (tertiary/aromatic N) is 3. The zero-order valence-corrected chi connectivity index (χ0v) is 10.9. The Morgan fingerprint density at radius 1 is 1.76 bits per heavy atom. The number of hydrogen-bond donors (Lipinski definition) is 1. The molecule has 0 amide bonds. The Bertz CT molecular complexity index is 396. The molecule has 94 valence electrons. The van der Waals surface area contributed by atoms with Crippen molar-refractivity contribution in [3.63, 3.8) is 0 Å². The van der Waals surface area contributed by atoms with E-state index >= 15 is 0 Å². The summed E-state index contributed by atoms with van der Waals surface area (Å²) in [5.74, 6) is 0. The molecule has 0 aliphatic rings. The minimum absolute atomic E-state index is 0.508. The predicted octanol–water partition coefficient (Wildman–Crippen LogP) is 1.91. The SMILES string of the molecule is CCN(CNC=C[N+](=O)[O-])Cc1cnc(Cl)s1. The summed E-state index contributed by atoms with van der Waals surface area (Å²) in [6.45, 7) is 4.10. The fourth-order valence-corrected chi connectivity index (χ4v) is 2.17. The van der Waals surface area contributed by atoms with Crippen LogP contribution in [0.1, 0.15) is 11.8 Å². The van der Waals surface area contributed by atoms with Crippen LogP contribution in [0.3, 0.4) is 0 Å². The van der Waals surface area contributed by atoms with Crippen LogP contribution in [0.4, 0.5) is 0 Å². The molecular formula is C9H13ClN4O2S. The van der Waals surface area contributed by atoms with Crippen LogP contribution in [0.25, 0.3) is 0 Å². The Morgan fingerprint density at radius 3 is 3.06 bits per heavy atom. The molecule has 0 aromatic carbocycles. The highest BCUT2D eigenvalue weighted by Gasteiger charge is 2.05. The van der Waals surface area contributed by atoms with Gasteiger partial charge in [0.25, 0.3) is 0 Å². The smallest absolute Gasteiger partial charge is 0.249 e. The van der Waals surface area contributed by atoms with Crippen LogP contribution in [0.5, 0.6) is 0 Å². The Kier molecular flexibility index (Phi) is 5.88. The first-order valence-corrected chi connectivity index (χ1v) is 6.17. The van der Waals surface area contributed by atoms with Gasteiger partial charge in [0.2, 0.25) is 6.20 Å². The van der Waals surface area contributed by atoms with Gasteiger partial charge in [-0.05, 0) is 6.54 Å². The zero-order chi connectivity index (χ0) is 12.7. The molecule has 1 rings (SSSR count). The lowest BCUT2D eigenvalue weighted by Crippen LogP contribution is -2.31. The Labute approximate surface area is 108 Å². The van der Waals surface area contributed by atoms with E-state index in [4.69, 9.17) is 11.6 Å². The van der Waals surface area contributed by atoms with E-state index in [0.29, 0.717) is 11.1 Å². The van der Waals surface area contributed by atoms with Crippen LogP contribution in [0, 0.1) is 10.1 Å². The molecule has 8 heteroatoms. The van der Waals surface area contributed by atoms with Gasteiger partial charge in [0, 0.05) is 17.6 Å². The van der Waals surface area contributed by atoms with Crippen molar-refractivity contribution >= 4 is 22.9 Å². The van der Waals surface area contributed by atoms with Gasteiger partial charge in [-0.2, -0.15) is 0 Å². The molecule has 0 aliphatic heterocycles. The maximum Gasteiger partial charge on any atom is 0.249 e. The lowest BCUT2D eigenvalue weighted by Gasteiger charge is -2.18. The molecular weight excluding hydrogens is 264 g/mol. The summed E-state index contributed by atoms with van der Waals surface area (Å²) in [5.41, 5.74) is 0. The number of nitro groups is 1. The number of thiazole rings is 1. The van der Waals surface area contributed by atoms with Crippen molar-refractivity contribution in [1.82, 2.24) is 15.2 Å². The molecule has 17 heavy (non-hydrogen) atoms. The first-order chi connectivity index (χ1) is 8.11. The van der Waals surface area contributed by atoms with Crippen LogP contribution in [0.2, 0.25) is 4.47 Å². The molecule has 1 N–H and O–H groups in total. The lowest BCUT2D eigenvalue weighted by atomic mass is 10.4. The summed E-state index contributed by atoms with van der Waals surface area (Å²) in [4.78, 5) is 16.6. The topological polar surface area (TPSA) is 71.3 Å². The van der Waals surface area contributed by atoms with E-state index in [1.807, 2.05) is 6.92 Å². The molecule has 0 spiro atoms. The van der Waals surface area contributed by atoms with E-state index in [1.165, 1.54) is 17.5 Å². The normalized spacial score (nSPS) is 11.2. The molecule has 1 heterocycles. The average molecular weight is 277 g/mol. The average Bonchev–Trinajstić information content (AvgIpc) is 2.68. The third-order valence-electron chi connectivity index (χ3n) is 1.98. The number of nitrogens with one attached hydrogen (secondary N) is 1. The van der Waals surface area contributed by atoms with Crippen LogP contribution in [-0.2, 0) is 6.54 Å². The number of halogens is 1. The number of hydrogen-bond acceptors (Lipinski definition) is 6. The molecule has 0 saturated heterocycles. The Morgan fingerprint density at radius 2 is 2.53 bits per heavy atom. The summed E-state index contributed by atoms with van der Waals surface area (Å²) in [7, 11) is 0. The standard InChI is InChI=1S/C9H13ClN4O2S/c1-2-13(7-11-3-4-14(15)16)6-8-5-12-9(10)17-8/h3-5,11H,2,6-7H2,1H3. The van der Waals surface area contributed by atoms with E-state index in [1.54, 1.807) is 6.20 Å². The van der Waals surface area contributed by atoms with Gasteiger partial charge in [-0.1, -0.05) is 18.5 Å². The van der Waals surface area contributed by atoms with Gasteiger partial charge in [0.1, 0.15) is 0 Å². The minimum Gasteiger partial charge on any atom is -0.373 e. The van der Waals surface area contributed by atoms with E-state index in [-0.39, 0.29) is 0 Å². The summed E-state index contributed by atoms with van der Waals surface area (Å²) >= 11 is 7.17. The van der Waals surface area contributed by atoms with Crippen LogP contribution < -0.4 is 5.32 Å². The van der Waals surface area contributed by atoms with E-state index in [2.05, 4.69) is 15.2 Å². The molecule has 1 aromatic heterocycles. The summed E-state index contributed by atoms with van der Waals surface area (Å²) in [6, 6.07) is 0. The van der Waals surface area contributed by atoms with Gasteiger partial charge < -0.3 is 5.32 Å². The molecule has 6 nitrogen and oxygen atoms in total. The minimum atomic E-state index is -0.508. The van der Waals surface area contributed by atoms with Crippen molar-refractivity contribution in [2.75, 3.05) is 13.2 Å². The lowest BCUT2D eigenvalue weighted by molar-refractivity contribution is -0.402. The number of rotatable bonds is 7. The Hall–Kier alpha value is -1.18. The van der Waals surface area contributed by atoms with Crippen molar-refractivity contribution in [1.29, 1.82) is 0 Å². The molecule has 0 aliphatic carbocycles. The number of aromatic nitrogens is 1. The van der Waals surface area contributed by atoms with Crippen molar-refractivity contribution < 1.29 is 4.92 Å². The van der Waals surface area contributed by atoms with E-state index in [0.717, 1.165) is 24.2 Å². The fraction of sp³-hybridized carbons (Fsp3) is 0.444. The second-order valence-corrected chi connectivity index (χ2v) is 4.89. The van der Waals surface area contributed by atoms with Gasteiger partial charge in [0.05, 0.1) is 17.8 Å². The van der Waals surface area contributed by atoms with E-state index in [9.17, 15) is 10.1 Å².